The first-order chi connectivity index (χ1) is 8.09. The summed E-state index contributed by atoms with van der Waals surface area (Å²) in [6, 6.07) is 15.3. The van der Waals surface area contributed by atoms with Gasteiger partial charge in [0.2, 0.25) is 5.85 Å². The monoisotopic (exact) mass is 228 g/mol. The predicted octanol–water partition coefficient (Wildman–Crippen LogP) is 3.48. The van der Waals surface area contributed by atoms with Crippen LogP contribution >= 0.6 is 0 Å². The van der Waals surface area contributed by atoms with Crippen molar-refractivity contribution in [2.75, 3.05) is 0 Å². The summed E-state index contributed by atoms with van der Waals surface area (Å²) in [5, 5.41) is 9.74. The second-order valence-electron chi connectivity index (χ2n) is 4.63. The van der Waals surface area contributed by atoms with E-state index in [1.807, 2.05) is 48.5 Å². The van der Waals surface area contributed by atoms with E-state index in [0.717, 1.165) is 22.3 Å². The predicted molar refractivity (Wildman–Crippen MR) is 65.5 cm³/mol. The average Bonchev–Trinajstić information content (AvgIpc) is 2.63. The SMILES string of the molecule is CC(O)(F)C1c2ccccc2-c2ccccc21. The molecule has 1 aliphatic carbocycles. The van der Waals surface area contributed by atoms with Crippen molar-refractivity contribution in [1.29, 1.82) is 0 Å². The summed E-state index contributed by atoms with van der Waals surface area (Å²) >= 11 is 0. The number of hydrogen-bond donors (Lipinski definition) is 1. The van der Waals surface area contributed by atoms with Crippen LogP contribution in [0.25, 0.3) is 11.1 Å². The Kier molecular flexibility index (Phi) is 2.10. The number of aliphatic hydroxyl groups is 1. The zero-order chi connectivity index (χ0) is 12.0. The summed E-state index contributed by atoms with van der Waals surface area (Å²) < 4.78 is 14.0. The molecule has 0 aliphatic heterocycles. The normalized spacial score (nSPS) is 17.4. The van der Waals surface area contributed by atoms with E-state index in [-0.39, 0.29) is 0 Å². The highest BCUT2D eigenvalue weighted by Crippen LogP contribution is 2.49. The lowest BCUT2D eigenvalue weighted by Gasteiger charge is -2.23. The summed E-state index contributed by atoms with van der Waals surface area (Å²) in [6.45, 7) is 1.22. The molecule has 0 fully saturated rings. The summed E-state index contributed by atoms with van der Waals surface area (Å²) in [4.78, 5) is 0. The maximum Gasteiger partial charge on any atom is 0.214 e. The summed E-state index contributed by atoms with van der Waals surface area (Å²) in [5.74, 6) is -2.82. The van der Waals surface area contributed by atoms with Gasteiger partial charge in [0.1, 0.15) is 0 Å². The molecule has 1 aliphatic rings. The minimum Gasteiger partial charge on any atom is -0.361 e. The van der Waals surface area contributed by atoms with Crippen LogP contribution in [0.4, 0.5) is 4.39 Å². The van der Waals surface area contributed by atoms with Crippen molar-refractivity contribution in [3.05, 3.63) is 59.7 Å². The topological polar surface area (TPSA) is 20.2 Å². The Balaban J connectivity index is 2.31. The van der Waals surface area contributed by atoms with Crippen molar-refractivity contribution >= 4 is 0 Å². The number of halogens is 1. The Morgan fingerprint density at radius 3 is 1.76 bits per heavy atom. The Hall–Kier alpha value is -1.67. The Morgan fingerprint density at radius 1 is 0.941 bits per heavy atom. The average molecular weight is 228 g/mol. The fourth-order valence-electron chi connectivity index (χ4n) is 2.72. The fourth-order valence-corrected chi connectivity index (χ4v) is 2.72. The fraction of sp³-hybridized carbons (Fsp3) is 0.200. The molecule has 0 heterocycles. The zero-order valence-corrected chi connectivity index (χ0v) is 9.52. The van der Waals surface area contributed by atoms with Crippen molar-refractivity contribution in [3.63, 3.8) is 0 Å². The van der Waals surface area contributed by atoms with Crippen LogP contribution in [-0.4, -0.2) is 11.0 Å². The molecule has 0 bridgehead atoms. The number of fused-ring (bicyclic) bond motifs is 3. The molecule has 1 nitrogen and oxygen atoms in total. The van der Waals surface area contributed by atoms with Crippen molar-refractivity contribution in [3.8, 4) is 11.1 Å². The minimum atomic E-state index is -2.23. The molecule has 2 heteroatoms. The van der Waals surface area contributed by atoms with Gasteiger partial charge in [-0.05, 0) is 29.2 Å². The first-order valence-electron chi connectivity index (χ1n) is 5.68. The van der Waals surface area contributed by atoms with Gasteiger partial charge in [-0.3, -0.25) is 0 Å². The highest BCUT2D eigenvalue weighted by atomic mass is 19.2. The van der Waals surface area contributed by atoms with Gasteiger partial charge >= 0.3 is 0 Å². The van der Waals surface area contributed by atoms with E-state index in [1.54, 1.807) is 0 Å². The number of benzene rings is 2. The standard InChI is InChI=1S/C15H13FO/c1-15(16,17)14-12-8-4-2-6-10(12)11-7-3-5-9-13(11)14/h2-9,14,17H,1H3. The quantitative estimate of drug-likeness (QED) is 0.792. The van der Waals surface area contributed by atoms with Gasteiger partial charge in [0.25, 0.3) is 0 Å². The van der Waals surface area contributed by atoms with Gasteiger partial charge < -0.3 is 5.11 Å². The third-order valence-corrected chi connectivity index (χ3v) is 3.36. The van der Waals surface area contributed by atoms with E-state index in [0.29, 0.717) is 0 Å². The lowest BCUT2D eigenvalue weighted by molar-refractivity contribution is -0.0824. The minimum absolute atomic E-state index is 0.588. The van der Waals surface area contributed by atoms with Gasteiger partial charge in [-0.2, -0.15) is 0 Å². The lowest BCUT2D eigenvalue weighted by Crippen LogP contribution is -2.26. The van der Waals surface area contributed by atoms with Crippen LogP contribution < -0.4 is 0 Å². The first kappa shape index (κ1) is 10.5. The van der Waals surface area contributed by atoms with Gasteiger partial charge in [0, 0.05) is 0 Å². The molecule has 0 aromatic heterocycles. The Bertz CT molecular complexity index is 524. The van der Waals surface area contributed by atoms with Crippen LogP contribution in [0.1, 0.15) is 24.0 Å². The van der Waals surface area contributed by atoms with Crippen molar-refractivity contribution in [1.82, 2.24) is 0 Å². The lowest BCUT2D eigenvalue weighted by atomic mass is 9.90. The molecule has 17 heavy (non-hydrogen) atoms. The molecule has 0 spiro atoms. The zero-order valence-electron chi connectivity index (χ0n) is 9.52. The van der Waals surface area contributed by atoms with E-state index in [9.17, 15) is 9.50 Å². The Labute approximate surface area is 99.5 Å². The highest BCUT2D eigenvalue weighted by molar-refractivity contribution is 5.79. The molecule has 1 unspecified atom stereocenters. The van der Waals surface area contributed by atoms with Crippen molar-refractivity contribution in [2.45, 2.75) is 18.7 Å². The van der Waals surface area contributed by atoms with Gasteiger partial charge in [-0.1, -0.05) is 48.5 Å². The van der Waals surface area contributed by atoms with Crippen LogP contribution in [0.3, 0.4) is 0 Å². The highest BCUT2D eigenvalue weighted by Gasteiger charge is 2.40. The third-order valence-electron chi connectivity index (χ3n) is 3.36. The van der Waals surface area contributed by atoms with Crippen LogP contribution in [0.5, 0.6) is 0 Å². The Morgan fingerprint density at radius 2 is 1.35 bits per heavy atom. The second kappa shape index (κ2) is 3.41. The van der Waals surface area contributed by atoms with E-state index in [1.165, 1.54) is 6.92 Å². The van der Waals surface area contributed by atoms with Crippen LogP contribution in [0.15, 0.2) is 48.5 Å². The van der Waals surface area contributed by atoms with Gasteiger partial charge in [-0.15, -0.1) is 0 Å². The molecule has 1 N–H and O–H groups in total. The molecule has 2 aromatic carbocycles. The molecule has 0 saturated carbocycles. The summed E-state index contributed by atoms with van der Waals surface area (Å²) in [6.07, 6.45) is 0. The second-order valence-corrected chi connectivity index (χ2v) is 4.63. The van der Waals surface area contributed by atoms with E-state index < -0.39 is 11.8 Å². The largest absolute Gasteiger partial charge is 0.361 e. The molecular weight excluding hydrogens is 215 g/mol. The van der Waals surface area contributed by atoms with Gasteiger partial charge in [-0.25, -0.2) is 4.39 Å². The molecule has 0 radical (unpaired) electrons. The molecule has 2 aromatic rings. The smallest absolute Gasteiger partial charge is 0.214 e. The number of hydrogen-bond acceptors (Lipinski definition) is 1. The van der Waals surface area contributed by atoms with E-state index in [2.05, 4.69) is 0 Å². The van der Waals surface area contributed by atoms with E-state index >= 15 is 0 Å². The van der Waals surface area contributed by atoms with Crippen LogP contribution in [-0.2, 0) is 0 Å². The maximum atomic E-state index is 14.0. The van der Waals surface area contributed by atoms with Crippen molar-refractivity contribution < 1.29 is 9.50 Å². The third kappa shape index (κ3) is 1.48. The summed E-state index contributed by atoms with van der Waals surface area (Å²) in [5.41, 5.74) is 3.76. The molecule has 3 rings (SSSR count). The maximum absolute atomic E-state index is 14.0. The van der Waals surface area contributed by atoms with Crippen LogP contribution in [0, 0.1) is 0 Å². The number of rotatable bonds is 1. The van der Waals surface area contributed by atoms with Crippen molar-refractivity contribution in [2.24, 2.45) is 0 Å². The summed E-state index contributed by atoms with van der Waals surface area (Å²) in [7, 11) is 0. The van der Waals surface area contributed by atoms with Gasteiger partial charge in [0.15, 0.2) is 0 Å². The molecule has 0 amide bonds. The molecule has 0 saturated heterocycles. The number of alkyl halides is 1. The molecule has 86 valence electrons. The first-order valence-corrected chi connectivity index (χ1v) is 5.68. The van der Waals surface area contributed by atoms with E-state index in [4.69, 9.17) is 0 Å². The molecule has 1 atom stereocenters. The molecular formula is C15H13FO. The van der Waals surface area contributed by atoms with Gasteiger partial charge in [0.05, 0.1) is 5.92 Å². The van der Waals surface area contributed by atoms with Crippen LogP contribution in [0.2, 0.25) is 0 Å².